The van der Waals surface area contributed by atoms with Crippen LogP contribution in [-0.4, -0.2) is 36.2 Å². The first-order valence-corrected chi connectivity index (χ1v) is 7.63. The lowest BCUT2D eigenvalue weighted by Crippen LogP contribution is -2.40. The summed E-state index contributed by atoms with van der Waals surface area (Å²) in [5.41, 5.74) is 0.735. The fourth-order valence-electron chi connectivity index (χ4n) is 2.29. The third kappa shape index (κ3) is 6.17. The molecule has 0 saturated heterocycles. The first kappa shape index (κ1) is 17.5. The van der Waals surface area contributed by atoms with Crippen LogP contribution in [0.4, 0.5) is 4.79 Å². The first-order valence-electron chi connectivity index (χ1n) is 7.63. The second-order valence-electron chi connectivity index (χ2n) is 6.03. The molecule has 21 heavy (non-hydrogen) atoms. The SMILES string of the molecule is CCN(CC)[C@H](CNC(=O)OC(C)(C)C)c1ccccc1. The predicted octanol–water partition coefficient (Wildman–Crippen LogP) is 3.59. The average molecular weight is 292 g/mol. The highest BCUT2D eigenvalue weighted by molar-refractivity contribution is 5.67. The Labute approximate surface area is 128 Å². The molecule has 1 amide bonds. The number of likely N-dealkylation sites (N-methyl/N-ethyl adjacent to an activating group) is 1. The molecule has 4 nitrogen and oxygen atoms in total. The fourth-order valence-corrected chi connectivity index (χ4v) is 2.29. The van der Waals surface area contributed by atoms with Gasteiger partial charge in [0.05, 0.1) is 6.04 Å². The van der Waals surface area contributed by atoms with E-state index in [4.69, 9.17) is 4.74 Å². The van der Waals surface area contributed by atoms with Crippen molar-refractivity contribution in [1.82, 2.24) is 10.2 Å². The number of amides is 1. The van der Waals surface area contributed by atoms with Crippen molar-refractivity contribution < 1.29 is 9.53 Å². The van der Waals surface area contributed by atoms with E-state index in [0.717, 1.165) is 13.1 Å². The summed E-state index contributed by atoms with van der Waals surface area (Å²) in [7, 11) is 0. The van der Waals surface area contributed by atoms with Gasteiger partial charge >= 0.3 is 6.09 Å². The van der Waals surface area contributed by atoms with Gasteiger partial charge in [-0.15, -0.1) is 0 Å². The Morgan fingerprint density at radius 1 is 1.19 bits per heavy atom. The number of nitrogens with one attached hydrogen (secondary N) is 1. The van der Waals surface area contributed by atoms with Gasteiger partial charge < -0.3 is 10.1 Å². The molecule has 1 aromatic rings. The normalized spacial score (nSPS) is 13.0. The van der Waals surface area contributed by atoms with E-state index in [1.165, 1.54) is 5.56 Å². The van der Waals surface area contributed by atoms with E-state index in [-0.39, 0.29) is 12.1 Å². The van der Waals surface area contributed by atoms with Gasteiger partial charge in [0.2, 0.25) is 0 Å². The lowest BCUT2D eigenvalue weighted by molar-refractivity contribution is 0.0508. The fraction of sp³-hybridized carbons (Fsp3) is 0.588. The largest absolute Gasteiger partial charge is 0.444 e. The molecular formula is C17H28N2O2. The molecule has 118 valence electrons. The molecule has 4 heteroatoms. The van der Waals surface area contributed by atoms with Gasteiger partial charge in [0.1, 0.15) is 5.60 Å². The van der Waals surface area contributed by atoms with Crippen LogP contribution >= 0.6 is 0 Å². The van der Waals surface area contributed by atoms with E-state index in [2.05, 4.69) is 36.2 Å². The Morgan fingerprint density at radius 2 is 1.76 bits per heavy atom. The van der Waals surface area contributed by atoms with Crippen LogP contribution in [0.15, 0.2) is 30.3 Å². The molecule has 0 aromatic heterocycles. The molecule has 0 radical (unpaired) electrons. The molecule has 0 spiro atoms. The molecule has 0 aliphatic heterocycles. The molecule has 1 rings (SSSR count). The van der Waals surface area contributed by atoms with Crippen LogP contribution in [0.5, 0.6) is 0 Å². The van der Waals surface area contributed by atoms with Crippen LogP contribution in [0.2, 0.25) is 0 Å². The highest BCUT2D eigenvalue weighted by Gasteiger charge is 2.21. The van der Waals surface area contributed by atoms with Gasteiger partial charge in [0.15, 0.2) is 0 Å². The van der Waals surface area contributed by atoms with Crippen molar-refractivity contribution in [3.05, 3.63) is 35.9 Å². The van der Waals surface area contributed by atoms with Crippen molar-refractivity contribution in [2.75, 3.05) is 19.6 Å². The third-order valence-corrected chi connectivity index (χ3v) is 3.28. The Balaban J connectivity index is 2.73. The van der Waals surface area contributed by atoms with Crippen molar-refractivity contribution in [3.8, 4) is 0 Å². The summed E-state index contributed by atoms with van der Waals surface area (Å²) < 4.78 is 5.30. The van der Waals surface area contributed by atoms with E-state index in [0.29, 0.717) is 6.54 Å². The van der Waals surface area contributed by atoms with Gasteiger partial charge in [-0.1, -0.05) is 44.2 Å². The maximum atomic E-state index is 11.8. The van der Waals surface area contributed by atoms with E-state index in [1.54, 1.807) is 0 Å². The van der Waals surface area contributed by atoms with Gasteiger partial charge in [-0.3, -0.25) is 4.90 Å². The molecule has 1 atom stereocenters. The van der Waals surface area contributed by atoms with Crippen LogP contribution in [0.1, 0.15) is 46.2 Å². The zero-order valence-electron chi connectivity index (χ0n) is 13.8. The Bertz CT molecular complexity index is 422. The molecular weight excluding hydrogens is 264 g/mol. The zero-order valence-corrected chi connectivity index (χ0v) is 13.8. The number of hydrogen-bond acceptors (Lipinski definition) is 3. The number of hydrogen-bond donors (Lipinski definition) is 1. The molecule has 0 aliphatic carbocycles. The van der Waals surface area contributed by atoms with Gasteiger partial charge in [0, 0.05) is 6.54 Å². The van der Waals surface area contributed by atoms with E-state index >= 15 is 0 Å². The van der Waals surface area contributed by atoms with E-state index < -0.39 is 5.60 Å². The number of carbonyl (C=O) groups is 1. The third-order valence-electron chi connectivity index (χ3n) is 3.28. The van der Waals surface area contributed by atoms with Crippen molar-refractivity contribution in [2.45, 2.75) is 46.3 Å². The number of carbonyl (C=O) groups excluding carboxylic acids is 1. The molecule has 0 saturated carbocycles. The topological polar surface area (TPSA) is 41.6 Å². The van der Waals surface area contributed by atoms with Gasteiger partial charge in [0.25, 0.3) is 0 Å². The molecule has 1 aromatic carbocycles. The van der Waals surface area contributed by atoms with E-state index in [1.807, 2.05) is 39.0 Å². The van der Waals surface area contributed by atoms with Crippen molar-refractivity contribution >= 4 is 6.09 Å². The van der Waals surface area contributed by atoms with Gasteiger partial charge in [-0.2, -0.15) is 0 Å². The second-order valence-corrected chi connectivity index (χ2v) is 6.03. The number of nitrogens with zero attached hydrogens (tertiary/aromatic N) is 1. The minimum absolute atomic E-state index is 0.161. The summed E-state index contributed by atoms with van der Waals surface area (Å²) in [6.45, 7) is 12.3. The van der Waals surface area contributed by atoms with Crippen molar-refractivity contribution in [1.29, 1.82) is 0 Å². The highest BCUT2D eigenvalue weighted by Crippen LogP contribution is 2.19. The summed E-state index contributed by atoms with van der Waals surface area (Å²) in [5.74, 6) is 0. The number of alkyl carbamates (subject to hydrolysis) is 1. The zero-order chi connectivity index (χ0) is 15.9. The summed E-state index contributed by atoms with van der Waals surface area (Å²) in [6.07, 6.45) is -0.365. The lowest BCUT2D eigenvalue weighted by Gasteiger charge is -2.30. The minimum Gasteiger partial charge on any atom is -0.444 e. The van der Waals surface area contributed by atoms with Crippen LogP contribution in [0, 0.1) is 0 Å². The predicted molar refractivity (Wildman–Crippen MR) is 86.3 cm³/mol. The maximum Gasteiger partial charge on any atom is 0.407 e. The smallest absolute Gasteiger partial charge is 0.407 e. The van der Waals surface area contributed by atoms with Gasteiger partial charge in [-0.05, 0) is 39.4 Å². The molecule has 0 heterocycles. The Kier molecular flexibility index (Phi) is 6.69. The van der Waals surface area contributed by atoms with Gasteiger partial charge in [-0.25, -0.2) is 4.79 Å². The van der Waals surface area contributed by atoms with Crippen LogP contribution in [0.3, 0.4) is 0 Å². The monoisotopic (exact) mass is 292 g/mol. The summed E-state index contributed by atoms with van der Waals surface area (Å²) in [4.78, 5) is 14.2. The van der Waals surface area contributed by atoms with E-state index in [9.17, 15) is 4.79 Å². The summed E-state index contributed by atoms with van der Waals surface area (Å²) >= 11 is 0. The first-order chi connectivity index (χ1) is 9.87. The van der Waals surface area contributed by atoms with Crippen molar-refractivity contribution in [2.24, 2.45) is 0 Å². The summed E-state index contributed by atoms with van der Waals surface area (Å²) in [5, 5.41) is 2.88. The number of rotatable bonds is 6. The molecule has 0 bridgehead atoms. The average Bonchev–Trinajstić information content (AvgIpc) is 2.42. The number of ether oxygens (including phenoxy) is 1. The lowest BCUT2D eigenvalue weighted by atomic mass is 10.1. The Morgan fingerprint density at radius 3 is 2.24 bits per heavy atom. The minimum atomic E-state index is -0.471. The number of benzene rings is 1. The molecule has 1 N–H and O–H groups in total. The van der Waals surface area contributed by atoms with Crippen LogP contribution < -0.4 is 5.32 Å². The molecule has 0 unspecified atom stereocenters. The standard InChI is InChI=1S/C17H28N2O2/c1-6-19(7-2)15(14-11-9-8-10-12-14)13-18-16(20)21-17(3,4)5/h8-12,15H,6-7,13H2,1-5H3,(H,18,20)/t15-/m1/s1. The maximum absolute atomic E-state index is 11.8. The second kappa shape index (κ2) is 8.03. The van der Waals surface area contributed by atoms with Crippen LogP contribution in [-0.2, 0) is 4.74 Å². The Hall–Kier alpha value is -1.55. The summed E-state index contributed by atoms with van der Waals surface area (Å²) in [6, 6.07) is 10.4. The van der Waals surface area contributed by atoms with Crippen molar-refractivity contribution in [3.63, 3.8) is 0 Å². The highest BCUT2D eigenvalue weighted by atomic mass is 16.6. The molecule has 0 fully saturated rings. The molecule has 0 aliphatic rings. The quantitative estimate of drug-likeness (QED) is 0.871. The van der Waals surface area contributed by atoms with Crippen LogP contribution in [0.25, 0.3) is 0 Å².